The number of nitrogens with zero attached hydrogens (tertiary/aromatic N) is 4. The molecule has 0 bridgehead atoms. The van der Waals surface area contributed by atoms with Crippen LogP contribution in [0.2, 0.25) is 0 Å². The molecule has 1 aromatic carbocycles. The molecule has 1 aliphatic rings. The highest BCUT2D eigenvalue weighted by Crippen LogP contribution is 2.36. The molecule has 0 unspecified atom stereocenters. The minimum absolute atomic E-state index is 0.0353. The van der Waals surface area contributed by atoms with Crippen molar-refractivity contribution in [2.75, 3.05) is 19.1 Å². The van der Waals surface area contributed by atoms with Crippen LogP contribution in [0.25, 0.3) is 11.2 Å². The van der Waals surface area contributed by atoms with Crippen molar-refractivity contribution in [3.05, 3.63) is 33.2 Å². The second kappa shape index (κ2) is 8.66. The van der Waals surface area contributed by atoms with Crippen LogP contribution >= 0.6 is 22.6 Å². The molecule has 10 heteroatoms. The first-order valence-corrected chi connectivity index (χ1v) is 10.5. The molecule has 0 spiro atoms. The Morgan fingerprint density at radius 3 is 2.66 bits per heavy atom. The predicted octanol–water partition coefficient (Wildman–Crippen LogP) is 3.02. The van der Waals surface area contributed by atoms with Gasteiger partial charge in [-0.05, 0) is 53.1 Å². The molecule has 3 heterocycles. The Labute approximate surface area is 180 Å². The molecule has 0 atom stereocenters. The van der Waals surface area contributed by atoms with Gasteiger partial charge in [-0.15, -0.1) is 0 Å². The van der Waals surface area contributed by atoms with Crippen LogP contribution < -0.4 is 15.2 Å². The van der Waals surface area contributed by atoms with Crippen molar-refractivity contribution in [3.8, 4) is 11.5 Å². The maximum atomic E-state index is 13.8. The molecule has 2 aromatic heterocycles. The molecule has 0 saturated carbocycles. The number of aryl methyl sites for hydroxylation is 1. The van der Waals surface area contributed by atoms with Crippen LogP contribution in [0.15, 0.2) is 12.1 Å². The van der Waals surface area contributed by atoms with Crippen molar-refractivity contribution >= 4 is 39.6 Å². The van der Waals surface area contributed by atoms with Crippen LogP contribution in [-0.4, -0.2) is 38.0 Å². The Hall–Kier alpha value is -2.21. The molecule has 0 fully saturated rings. The minimum atomic E-state index is -0.861. The number of imidazole rings is 1. The number of fused-ring (bicyclic) bond motifs is 2. The molecule has 8 nitrogen and oxygen atoms in total. The van der Waals surface area contributed by atoms with Gasteiger partial charge in [0.2, 0.25) is 6.79 Å². The number of rotatable bonds is 8. The van der Waals surface area contributed by atoms with E-state index in [-0.39, 0.29) is 19.2 Å². The summed E-state index contributed by atoms with van der Waals surface area (Å²) < 4.78 is 27.7. The van der Waals surface area contributed by atoms with E-state index in [1.807, 2.05) is 16.7 Å². The molecule has 29 heavy (non-hydrogen) atoms. The molecule has 3 N–H and O–H groups in total. The van der Waals surface area contributed by atoms with E-state index in [9.17, 15) is 4.39 Å². The zero-order valence-corrected chi connectivity index (χ0v) is 17.9. The molecule has 1 aliphatic heterocycles. The molecule has 3 aromatic rings. The summed E-state index contributed by atoms with van der Waals surface area (Å²) in [6, 6.07) is 3.89. The van der Waals surface area contributed by atoms with Gasteiger partial charge in [0, 0.05) is 23.1 Å². The lowest BCUT2D eigenvalue weighted by Gasteiger charge is -2.10. The summed E-state index contributed by atoms with van der Waals surface area (Å²) >= 11 is 2.26. The van der Waals surface area contributed by atoms with Gasteiger partial charge in [-0.2, -0.15) is 14.4 Å². The first-order valence-electron chi connectivity index (χ1n) is 9.44. The number of hydrogen-bond donors (Lipinski definition) is 2. The van der Waals surface area contributed by atoms with Crippen molar-refractivity contribution in [2.45, 2.75) is 38.6 Å². The molecule has 154 valence electrons. The summed E-state index contributed by atoms with van der Waals surface area (Å²) in [5.41, 5.74) is 7.74. The standard InChI is InChI=1S/C19H21FIN5O3/c20-19-24-17(22)16-18(25-19)26(5-3-1-2-4-6-27)15(23-16)8-11-7-13-14(9-12(11)21)29-10-28-13/h7,9,27H,1-6,8,10H2,(H2,22,24,25). The molecule has 0 radical (unpaired) electrons. The van der Waals surface area contributed by atoms with Crippen molar-refractivity contribution < 1.29 is 19.0 Å². The average Bonchev–Trinajstić information content (AvgIpc) is 3.26. The number of nitrogen functional groups attached to an aromatic ring is 1. The molecular formula is C19H21FIN5O3. The number of hydrogen-bond acceptors (Lipinski definition) is 7. The summed E-state index contributed by atoms with van der Waals surface area (Å²) in [6.45, 7) is 1.04. The van der Waals surface area contributed by atoms with Crippen LogP contribution in [0.1, 0.15) is 37.1 Å². The first-order chi connectivity index (χ1) is 14.1. The van der Waals surface area contributed by atoms with E-state index in [0.29, 0.717) is 29.9 Å². The Morgan fingerprint density at radius 2 is 1.86 bits per heavy atom. The zero-order valence-electron chi connectivity index (χ0n) is 15.7. The normalized spacial score (nSPS) is 12.8. The Kier molecular flexibility index (Phi) is 5.99. The predicted molar refractivity (Wildman–Crippen MR) is 113 cm³/mol. The molecule has 0 aliphatic carbocycles. The lowest BCUT2D eigenvalue weighted by molar-refractivity contribution is 0.174. The number of ether oxygens (including phenoxy) is 2. The highest BCUT2D eigenvalue weighted by molar-refractivity contribution is 14.1. The number of aromatic nitrogens is 4. The van der Waals surface area contributed by atoms with Gasteiger partial charge in [0.25, 0.3) is 0 Å². The minimum Gasteiger partial charge on any atom is -0.454 e. The van der Waals surface area contributed by atoms with Crippen LogP contribution in [0.5, 0.6) is 11.5 Å². The number of anilines is 1. The summed E-state index contributed by atoms with van der Waals surface area (Å²) in [4.78, 5) is 12.2. The second-order valence-electron chi connectivity index (χ2n) is 6.84. The highest BCUT2D eigenvalue weighted by atomic mass is 127. The maximum absolute atomic E-state index is 13.8. The lowest BCUT2D eigenvalue weighted by Crippen LogP contribution is -2.07. The number of aliphatic hydroxyl groups excluding tert-OH is 1. The Balaban J connectivity index is 1.67. The SMILES string of the molecule is Nc1nc(F)nc2c1nc(Cc1cc3c(cc1I)OCO3)n2CCCCCCO. The number of halogens is 2. The first kappa shape index (κ1) is 20.1. The van der Waals surface area contributed by atoms with Crippen LogP contribution in [0.4, 0.5) is 10.2 Å². The van der Waals surface area contributed by atoms with Gasteiger partial charge in [-0.3, -0.25) is 0 Å². The number of unbranched alkanes of at least 4 members (excludes halogenated alkanes) is 3. The van der Waals surface area contributed by atoms with Crippen LogP contribution in [0.3, 0.4) is 0 Å². The number of aliphatic hydroxyl groups is 1. The molecule has 4 rings (SSSR count). The van der Waals surface area contributed by atoms with E-state index in [4.69, 9.17) is 20.3 Å². The summed E-state index contributed by atoms with van der Waals surface area (Å²) in [6.07, 6.45) is 3.18. The Morgan fingerprint density at radius 1 is 1.10 bits per heavy atom. The van der Waals surface area contributed by atoms with Gasteiger partial charge >= 0.3 is 6.08 Å². The third-order valence-corrected chi connectivity index (χ3v) is 5.86. The van der Waals surface area contributed by atoms with Crippen molar-refractivity contribution in [3.63, 3.8) is 0 Å². The van der Waals surface area contributed by atoms with Gasteiger partial charge in [0.05, 0.1) is 0 Å². The van der Waals surface area contributed by atoms with Gasteiger partial charge in [0.15, 0.2) is 28.5 Å². The third kappa shape index (κ3) is 4.22. The van der Waals surface area contributed by atoms with E-state index < -0.39 is 6.08 Å². The largest absolute Gasteiger partial charge is 0.454 e. The lowest BCUT2D eigenvalue weighted by atomic mass is 10.1. The fourth-order valence-electron chi connectivity index (χ4n) is 3.41. The Bertz CT molecular complexity index is 1040. The molecule has 0 amide bonds. The van der Waals surface area contributed by atoms with E-state index >= 15 is 0 Å². The van der Waals surface area contributed by atoms with E-state index in [2.05, 4.69) is 37.5 Å². The van der Waals surface area contributed by atoms with Gasteiger partial charge < -0.3 is 24.9 Å². The quantitative estimate of drug-likeness (QED) is 0.271. The maximum Gasteiger partial charge on any atom is 0.312 e. The number of benzene rings is 1. The summed E-state index contributed by atoms with van der Waals surface area (Å²) in [7, 11) is 0. The topological polar surface area (TPSA) is 108 Å². The van der Waals surface area contributed by atoms with Gasteiger partial charge in [-0.25, -0.2) is 4.98 Å². The summed E-state index contributed by atoms with van der Waals surface area (Å²) in [5.74, 6) is 2.21. The van der Waals surface area contributed by atoms with E-state index in [1.165, 1.54) is 0 Å². The van der Waals surface area contributed by atoms with E-state index in [1.54, 1.807) is 0 Å². The van der Waals surface area contributed by atoms with Crippen molar-refractivity contribution in [1.29, 1.82) is 0 Å². The summed E-state index contributed by atoms with van der Waals surface area (Å²) in [5, 5.41) is 8.95. The smallest absolute Gasteiger partial charge is 0.312 e. The van der Waals surface area contributed by atoms with Gasteiger partial charge in [0.1, 0.15) is 5.82 Å². The highest BCUT2D eigenvalue weighted by Gasteiger charge is 2.20. The van der Waals surface area contributed by atoms with Crippen molar-refractivity contribution in [2.24, 2.45) is 0 Å². The number of nitrogens with two attached hydrogens (primary N) is 1. The zero-order chi connectivity index (χ0) is 20.4. The van der Waals surface area contributed by atoms with Crippen molar-refractivity contribution in [1.82, 2.24) is 19.5 Å². The fourth-order valence-corrected chi connectivity index (χ4v) is 4.04. The van der Waals surface area contributed by atoms with Crippen LogP contribution in [0, 0.1) is 9.65 Å². The van der Waals surface area contributed by atoms with Crippen LogP contribution in [-0.2, 0) is 13.0 Å². The van der Waals surface area contributed by atoms with Gasteiger partial charge in [-0.1, -0.05) is 12.8 Å². The second-order valence-corrected chi connectivity index (χ2v) is 8.00. The van der Waals surface area contributed by atoms with E-state index in [0.717, 1.165) is 46.4 Å². The monoisotopic (exact) mass is 513 g/mol. The average molecular weight is 513 g/mol. The molecular weight excluding hydrogens is 492 g/mol. The molecule has 0 saturated heterocycles. The fraction of sp³-hybridized carbons (Fsp3) is 0.421. The third-order valence-electron chi connectivity index (χ3n) is 4.85.